The number of halogens is 2. The van der Waals surface area contributed by atoms with E-state index >= 15 is 0 Å². The number of hydrogen-bond acceptors (Lipinski definition) is 2. The van der Waals surface area contributed by atoms with Crippen molar-refractivity contribution in [3.63, 3.8) is 0 Å². The van der Waals surface area contributed by atoms with E-state index in [1.807, 2.05) is 0 Å². The minimum atomic E-state index is -5.07. The Kier molecular flexibility index (Phi) is 4.81. The number of rotatable bonds is 1. The molecule has 7 heteroatoms. The average molecular weight is 197 g/mol. The summed E-state index contributed by atoms with van der Waals surface area (Å²) < 4.78 is 47.0. The molecule has 0 aliphatic rings. The number of alkyl halides is 2. The van der Waals surface area contributed by atoms with Crippen LogP contribution in [0, 0.1) is 0 Å². The van der Waals surface area contributed by atoms with Gasteiger partial charge in [0.05, 0.1) is 0 Å². The van der Waals surface area contributed by atoms with Crippen LogP contribution in [0.4, 0.5) is 8.78 Å². The SMILES string of the molecule is O=S(=O)(O)C(F)F.[Zn]. The minimum absolute atomic E-state index is 0. The molecule has 0 aliphatic heterocycles. The van der Waals surface area contributed by atoms with E-state index in [2.05, 4.69) is 0 Å². The largest absolute Gasteiger partial charge is 0.361 e. The summed E-state index contributed by atoms with van der Waals surface area (Å²) in [5.74, 6) is -3.67. The molecule has 0 fully saturated rings. The van der Waals surface area contributed by atoms with Gasteiger partial charge in [0.1, 0.15) is 0 Å². The van der Waals surface area contributed by atoms with E-state index in [-0.39, 0.29) is 19.5 Å². The Morgan fingerprint density at radius 3 is 1.50 bits per heavy atom. The van der Waals surface area contributed by atoms with Gasteiger partial charge < -0.3 is 0 Å². The maximum atomic E-state index is 10.7. The summed E-state index contributed by atoms with van der Waals surface area (Å²) in [5, 5.41) is 0. The molecular weight excluding hydrogens is 195 g/mol. The first kappa shape index (κ1) is 11.2. The van der Waals surface area contributed by atoms with Crippen LogP contribution in [0.15, 0.2) is 0 Å². The molecule has 0 amide bonds. The van der Waals surface area contributed by atoms with Gasteiger partial charge in [0.15, 0.2) is 0 Å². The second-order valence-corrected chi connectivity index (χ2v) is 2.16. The van der Waals surface area contributed by atoms with Crippen molar-refractivity contribution in [3.8, 4) is 0 Å². The molecule has 0 saturated carbocycles. The Morgan fingerprint density at radius 1 is 1.38 bits per heavy atom. The van der Waals surface area contributed by atoms with Crippen molar-refractivity contribution in [1.82, 2.24) is 0 Å². The Hall–Kier alpha value is 0.393. The fourth-order valence-corrected chi connectivity index (χ4v) is 0. The van der Waals surface area contributed by atoms with Crippen LogP contribution < -0.4 is 0 Å². The molecule has 46 valence electrons. The zero-order chi connectivity index (χ0) is 6.08. The molecule has 0 rings (SSSR count). The van der Waals surface area contributed by atoms with Gasteiger partial charge in [0.2, 0.25) is 0 Å². The Balaban J connectivity index is 0. The van der Waals surface area contributed by atoms with Crippen LogP contribution in [-0.2, 0) is 29.6 Å². The van der Waals surface area contributed by atoms with Gasteiger partial charge in [-0.1, -0.05) is 0 Å². The molecule has 3 nitrogen and oxygen atoms in total. The third-order valence-electron chi connectivity index (χ3n) is 0.225. The standard InChI is InChI=1S/CH2F2O3S.Zn/c2-1(3)7(4,5)6;/h1H,(H,4,5,6);. The van der Waals surface area contributed by atoms with Crippen molar-refractivity contribution in [2.24, 2.45) is 0 Å². The zero-order valence-corrected chi connectivity index (χ0v) is 7.50. The van der Waals surface area contributed by atoms with Gasteiger partial charge in [0.25, 0.3) is 0 Å². The van der Waals surface area contributed by atoms with E-state index in [0.29, 0.717) is 0 Å². The quantitative estimate of drug-likeness (QED) is 0.479. The molecule has 0 aromatic rings. The van der Waals surface area contributed by atoms with Gasteiger partial charge in [-0.3, -0.25) is 4.55 Å². The Labute approximate surface area is 57.6 Å². The van der Waals surface area contributed by atoms with Gasteiger partial charge in [-0.25, -0.2) is 0 Å². The van der Waals surface area contributed by atoms with E-state index in [1.54, 1.807) is 0 Å². The molecule has 0 aromatic carbocycles. The van der Waals surface area contributed by atoms with E-state index < -0.39 is 15.9 Å². The van der Waals surface area contributed by atoms with Gasteiger partial charge in [-0.2, -0.15) is 17.2 Å². The molecular formula is CH2F2O3SZn. The summed E-state index contributed by atoms with van der Waals surface area (Å²) in [6, 6.07) is 0. The van der Waals surface area contributed by atoms with E-state index in [9.17, 15) is 8.78 Å². The molecule has 0 unspecified atom stereocenters. The molecule has 0 saturated heterocycles. The fraction of sp³-hybridized carbons (Fsp3) is 1.00. The predicted octanol–water partition coefficient (Wildman–Crippen LogP) is 0.0943. The normalized spacial score (nSPS) is 11.0. The maximum absolute atomic E-state index is 10.7. The predicted molar refractivity (Wildman–Crippen MR) is 17.6 cm³/mol. The fourth-order valence-electron chi connectivity index (χ4n) is 0. The van der Waals surface area contributed by atoms with Crippen molar-refractivity contribution < 1.29 is 41.2 Å². The van der Waals surface area contributed by atoms with E-state index in [4.69, 9.17) is 13.0 Å². The van der Waals surface area contributed by atoms with Crippen molar-refractivity contribution in [2.45, 2.75) is 5.76 Å². The molecule has 0 radical (unpaired) electrons. The molecule has 0 spiro atoms. The molecule has 0 bridgehead atoms. The van der Waals surface area contributed by atoms with Crippen molar-refractivity contribution in [3.05, 3.63) is 0 Å². The smallest absolute Gasteiger partial charge is 0.281 e. The molecule has 0 aromatic heterocycles. The molecule has 8 heavy (non-hydrogen) atoms. The van der Waals surface area contributed by atoms with Gasteiger partial charge in [0, 0.05) is 19.5 Å². The third kappa shape index (κ3) is 4.55. The summed E-state index contributed by atoms with van der Waals surface area (Å²) in [7, 11) is -5.07. The zero-order valence-electron chi connectivity index (χ0n) is 3.71. The van der Waals surface area contributed by atoms with E-state index in [0.717, 1.165) is 0 Å². The summed E-state index contributed by atoms with van der Waals surface area (Å²) in [6.07, 6.45) is 0. The summed E-state index contributed by atoms with van der Waals surface area (Å²) >= 11 is 0. The molecule has 0 heterocycles. The minimum Gasteiger partial charge on any atom is -0.281 e. The first-order valence-corrected chi connectivity index (χ1v) is 2.69. The second-order valence-electron chi connectivity index (χ2n) is 0.776. The third-order valence-corrected chi connectivity index (χ3v) is 0.675. The van der Waals surface area contributed by atoms with E-state index in [1.165, 1.54) is 0 Å². The molecule has 0 atom stereocenters. The Bertz CT molecular complexity index is 139. The number of hydrogen-bond donors (Lipinski definition) is 1. The summed E-state index contributed by atoms with van der Waals surface area (Å²) in [6.45, 7) is 0. The summed E-state index contributed by atoms with van der Waals surface area (Å²) in [4.78, 5) is 0. The van der Waals surface area contributed by atoms with Crippen LogP contribution in [0.25, 0.3) is 0 Å². The van der Waals surface area contributed by atoms with Gasteiger partial charge in [-0.15, -0.1) is 0 Å². The van der Waals surface area contributed by atoms with Crippen LogP contribution >= 0.6 is 0 Å². The maximum Gasteiger partial charge on any atom is 0.361 e. The summed E-state index contributed by atoms with van der Waals surface area (Å²) in [5.41, 5.74) is 0. The van der Waals surface area contributed by atoms with Gasteiger partial charge >= 0.3 is 15.9 Å². The van der Waals surface area contributed by atoms with Crippen LogP contribution in [0.2, 0.25) is 0 Å². The van der Waals surface area contributed by atoms with Crippen LogP contribution in [0.5, 0.6) is 0 Å². The Morgan fingerprint density at radius 2 is 1.50 bits per heavy atom. The monoisotopic (exact) mass is 196 g/mol. The second kappa shape index (κ2) is 3.42. The topological polar surface area (TPSA) is 54.4 Å². The molecule has 1 N–H and O–H groups in total. The van der Waals surface area contributed by atoms with Crippen LogP contribution in [0.1, 0.15) is 0 Å². The average Bonchev–Trinajstić information content (AvgIpc) is 1.31. The van der Waals surface area contributed by atoms with Crippen LogP contribution in [-0.4, -0.2) is 18.7 Å². The first-order valence-electron chi connectivity index (χ1n) is 1.19. The van der Waals surface area contributed by atoms with Crippen molar-refractivity contribution in [1.29, 1.82) is 0 Å². The first-order chi connectivity index (χ1) is 2.94. The van der Waals surface area contributed by atoms with Crippen LogP contribution in [0.3, 0.4) is 0 Å². The van der Waals surface area contributed by atoms with Crippen molar-refractivity contribution >= 4 is 10.1 Å². The molecule has 0 aliphatic carbocycles. The van der Waals surface area contributed by atoms with Crippen molar-refractivity contribution in [2.75, 3.05) is 0 Å². The van der Waals surface area contributed by atoms with Gasteiger partial charge in [-0.05, 0) is 0 Å².